The molecule has 1 saturated carbocycles. The molecule has 0 unspecified atom stereocenters. The molecule has 17 heavy (non-hydrogen) atoms. The number of rotatable bonds is 4. The molecule has 1 aliphatic rings. The summed E-state index contributed by atoms with van der Waals surface area (Å²) in [6.07, 6.45) is 8.37. The van der Waals surface area contributed by atoms with E-state index >= 15 is 0 Å². The molecular weight excluding hydrogens is 210 g/mol. The van der Waals surface area contributed by atoms with Gasteiger partial charge in [0.25, 0.3) is 0 Å². The van der Waals surface area contributed by atoms with Crippen LogP contribution < -0.4 is 5.32 Å². The number of phenols is 1. The Kier molecular flexibility index (Phi) is 4.29. The first-order valence-corrected chi connectivity index (χ1v) is 6.79. The lowest BCUT2D eigenvalue weighted by Crippen LogP contribution is -2.12. The zero-order valence-corrected chi connectivity index (χ0v) is 10.7. The third-order valence-electron chi connectivity index (χ3n) is 3.80. The van der Waals surface area contributed by atoms with E-state index in [1.807, 2.05) is 19.1 Å². The second kappa shape index (κ2) is 5.95. The van der Waals surface area contributed by atoms with Gasteiger partial charge in [-0.15, -0.1) is 0 Å². The highest BCUT2D eigenvalue weighted by Gasteiger charge is 2.12. The van der Waals surface area contributed by atoms with E-state index in [1.54, 1.807) is 6.07 Å². The fourth-order valence-electron chi connectivity index (χ4n) is 2.66. The van der Waals surface area contributed by atoms with Gasteiger partial charge < -0.3 is 10.4 Å². The van der Waals surface area contributed by atoms with Crippen LogP contribution in [0.15, 0.2) is 18.2 Å². The number of aryl methyl sites for hydroxylation is 1. The van der Waals surface area contributed by atoms with Crippen LogP contribution in [-0.4, -0.2) is 11.7 Å². The lowest BCUT2D eigenvalue weighted by molar-refractivity contribution is 0.345. The summed E-state index contributed by atoms with van der Waals surface area (Å²) in [5, 5.41) is 12.9. The van der Waals surface area contributed by atoms with Crippen molar-refractivity contribution in [2.75, 3.05) is 11.9 Å². The van der Waals surface area contributed by atoms with E-state index in [1.165, 1.54) is 38.5 Å². The van der Waals surface area contributed by atoms with Crippen LogP contribution in [0.3, 0.4) is 0 Å². The lowest BCUT2D eigenvalue weighted by atomic mass is 9.87. The maximum Gasteiger partial charge on any atom is 0.118 e. The van der Waals surface area contributed by atoms with Crippen LogP contribution >= 0.6 is 0 Å². The van der Waals surface area contributed by atoms with Gasteiger partial charge in [-0.1, -0.05) is 32.1 Å². The molecule has 0 atom stereocenters. The van der Waals surface area contributed by atoms with Gasteiger partial charge in [0.05, 0.1) is 0 Å². The van der Waals surface area contributed by atoms with Crippen LogP contribution in [0.1, 0.15) is 44.1 Å². The number of hydrogen-bond acceptors (Lipinski definition) is 2. The Morgan fingerprint density at radius 3 is 2.71 bits per heavy atom. The SMILES string of the molecule is Cc1cc(NCCC2CCCCC2)ccc1O. The molecule has 94 valence electrons. The molecule has 0 bridgehead atoms. The van der Waals surface area contributed by atoms with Gasteiger partial charge in [-0.2, -0.15) is 0 Å². The number of nitrogens with one attached hydrogen (secondary N) is 1. The van der Waals surface area contributed by atoms with Crippen LogP contribution in [0.4, 0.5) is 5.69 Å². The fraction of sp³-hybridized carbons (Fsp3) is 0.600. The highest BCUT2D eigenvalue weighted by atomic mass is 16.3. The van der Waals surface area contributed by atoms with E-state index in [0.717, 1.165) is 23.7 Å². The molecule has 2 heteroatoms. The summed E-state index contributed by atoms with van der Waals surface area (Å²) in [5.74, 6) is 1.30. The summed E-state index contributed by atoms with van der Waals surface area (Å²) in [4.78, 5) is 0. The predicted molar refractivity (Wildman–Crippen MR) is 72.5 cm³/mol. The Labute approximate surface area is 104 Å². The molecule has 0 saturated heterocycles. The van der Waals surface area contributed by atoms with Crippen LogP contribution in [0.2, 0.25) is 0 Å². The molecule has 0 spiro atoms. The summed E-state index contributed by atoms with van der Waals surface area (Å²) in [5.41, 5.74) is 2.06. The van der Waals surface area contributed by atoms with Crippen LogP contribution in [0.25, 0.3) is 0 Å². The second-order valence-electron chi connectivity index (χ2n) is 5.22. The van der Waals surface area contributed by atoms with Crippen molar-refractivity contribution in [3.63, 3.8) is 0 Å². The summed E-state index contributed by atoms with van der Waals surface area (Å²) in [7, 11) is 0. The highest BCUT2D eigenvalue weighted by Crippen LogP contribution is 2.26. The summed E-state index contributed by atoms with van der Waals surface area (Å²) in [6.45, 7) is 2.98. The van der Waals surface area contributed by atoms with Crippen molar-refractivity contribution in [3.05, 3.63) is 23.8 Å². The third-order valence-corrected chi connectivity index (χ3v) is 3.80. The van der Waals surface area contributed by atoms with E-state index in [9.17, 15) is 5.11 Å². The van der Waals surface area contributed by atoms with Gasteiger partial charge in [0.1, 0.15) is 5.75 Å². The average Bonchev–Trinajstić information content (AvgIpc) is 2.35. The molecule has 1 aliphatic carbocycles. The summed E-state index contributed by atoms with van der Waals surface area (Å²) < 4.78 is 0. The van der Waals surface area contributed by atoms with Gasteiger partial charge in [-0.25, -0.2) is 0 Å². The Morgan fingerprint density at radius 1 is 1.24 bits per heavy atom. The second-order valence-corrected chi connectivity index (χ2v) is 5.22. The smallest absolute Gasteiger partial charge is 0.118 e. The molecular formula is C15H23NO. The monoisotopic (exact) mass is 233 g/mol. The largest absolute Gasteiger partial charge is 0.508 e. The molecule has 1 aromatic carbocycles. The first-order chi connectivity index (χ1) is 8.25. The number of aromatic hydroxyl groups is 1. The zero-order chi connectivity index (χ0) is 12.1. The number of hydrogen-bond donors (Lipinski definition) is 2. The molecule has 0 amide bonds. The highest BCUT2D eigenvalue weighted by molar-refractivity contribution is 5.50. The van der Waals surface area contributed by atoms with Crippen molar-refractivity contribution in [3.8, 4) is 5.75 Å². The Bertz CT molecular complexity index is 356. The minimum Gasteiger partial charge on any atom is -0.508 e. The van der Waals surface area contributed by atoms with E-state index in [0.29, 0.717) is 5.75 Å². The normalized spacial score (nSPS) is 17.0. The molecule has 0 radical (unpaired) electrons. The number of phenolic OH excluding ortho intramolecular Hbond substituents is 1. The third kappa shape index (κ3) is 3.65. The van der Waals surface area contributed by atoms with Gasteiger partial charge in [0.2, 0.25) is 0 Å². The van der Waals surface area contributed by atoms with Crippen molar-refractivity contribution in [2.24, 2.45) is 5.92 Å². The Balaban J connectivity index is 1.75. The van der Waals surface area contributed by atoms with E-state index in [2.05, 4.69) is 5.32 Å². The molecule has 0 heterocycles. The quantitative estimate of drug-likeness (QED) is 0.768. The molecule has 1 aromatic rings. The Hall–Kier alpha value is -1.18. The van der Waals surface area contributed by atoms with Crippen LogP contribution in [-0.2, 0) is 0 Å². The maximum atomic E-state index is 9.45. The maximum absolute atomic E-state index is 9.45. The first kappa shape index (κ1) is 12.3. The zero-order valence-electron chi connectivity index (χ0n) is 10.7. The number of anilines is 1. The van der Waals surface area contributed by atoms with Crippen molar-refractivity contribution >= 4 is 5.69 Å². The van der Waals surface area contributed by atoms with E-state index in [-0.39, 0.29) is 0 Å². The van der Waals surface area contributed by atoms with Gasteiger partial charge in [0, 0.05) is 12.2 Å². The van der Waals surface area contributed by atoms with Crippen molar-refractivity contribution in [2.45, 2.75) is 45.4 Å². The molecule has 2 nitrogen and oxygen atoms in total. The lowest BCUT2D eigenvalue weighted by Gasteiger charge is -2.21. The fourth-order valence-corrected chi connectivity index (χ4v) is 2.66. The molecule has 2 rings (SSSR count). The molecule has 2 N–H and O–H groups in total. The van der Waals surface area contributed by atoms with Crippen molar-refractivity contribution in [1.82, 2.24) is 0 Å². The van der Waals surface area contributed by atoms with Crippen molar-refractivity contribution in [1.29, 1.82) is 0 Å². The molecule has 0 aromatic heterocycles. The van der Waals surface area contributed by atoms with Gasteiger partial charge >= 0.3 is 0 Å². The van der Waals surface area contributed by atoms with Gasteiger partial charge in [-0.3, -0.25) is 0 Å². The predicted octanol–water partition coefficient (Wildman–Crippen LogP) is 4.08. The summed E-state index contributed by atoms with van der Waals surface area (Å²) >= 11 is 0. The van der Waals surface area contributed by atoms with E-state index < -0.39 is 0 Å². The van der Waals surface area contributed by atoms with E-state index in [4.69, 9.17) is 0 Å². The minimum atomic E-state index is 0.378. The standard InChI is InChI=1S/C15H23NO/c1-12-11-14(7-8-15(12)17)16-10-9-13-5-3-2-4-6-13/h7-8,11,13,16-17H,2-6,9-10H2,1H3. The molecule has 0 aliphatic heterocycles. The molecule has 1 fully saturated rings. The van der Waals surface area contributed by atoms with Crippen molar-refractivity contribution < 1.29 is 5.11 Å². The van der Waals surface area contributed by atoms with Gasteiger partial charge in [-0.05, 0) is 43.0 Å². The van der Waals surface area contributed by atoms with Crippen LogP contribution in [0, 0.1) is 12.8 Å². The Morgan fingerprint density at radius 2 is 2.00 bits per heavy atom. The first-order valence-electron chi connectivity index (χ1n) is 6.79. The summed E-state index contributed by atoms with van der Waals surface area (Å²) in [6, 6.07) is 5.72. The van der Waals surface area contributed by atoms with Gasteiger partial charge in [0.15, 0.2) is 0 Å². The topological polar surface area (TPSA) is 32.3 Å². The number of benzene rings is 1. The average molecular weight is 233 g/mol. The minimum absolute atomic E-state index is 0.378. The van der Waals surface area contributed by atoms with Crippen LogP contribution in [0.5, 0.6) is 5.75 Å².